The maximum Gasteiger partial charge on any atom is 0.365 e. The molecule has 0 saturated carbocycles. The molecular weight excluding hydrogens is 422 g/mol. The first-order valence-electron chi connectivity index (χ1n) is 9.78. The predicted molar refractivity (Wildman–Crippen MR) is 113 cm³/mol. The first-order valence-corrected chi connectivity index (χ1v) is 11.5. The molecule has 5 heterocycles. The summed E-state index contributed by atoms with van der Waals surface area (Å²) in [7, 11) is 0. The van der Waals surface area contributed by atoms with E-state index in [2.05, 4.69) is 0 Å². The number of thioether (sulfide) groups is 1. The first-order chi connectivity index (χ1) is 14.5. The Labute approximate surface area is 181 Å². The van der Waals surface area contributed by atoms with Crippen LogP contribution in [-0.4, -0.2) is 51.6 Å². The molecule has 0 aromatic carbocycles. The summed E-state index contributed by atoms with van der Waals surface area (Å²) >= 11 is 2.37. The van der Waals surface area contributed by atoms with Gasteiger partial charge in [-0.25, -0.2) is 0 Å². The zero-order valence-electron chi connectivity index (χ0n) is 16.1. The van der Waals surface area contributed by atoms with Crippen LogP contribution in [0, 0.1) is 5.92 Å². The molecule has 3 aliphatic rings. The Kier molecular flexibility index (Phi) is 4.86. The Hall–Kier alpha value is -2.65. The smallest absolute Gasteiger partial charge is 0.365 e. The van der Waals surface area contributed by atoms with E-state index >= 15 is 0 Å². The molecule has 5 rings (SSSR count). The standard InChI is InChI=1S/C21H19N3O4S2/c25-18-5-1-4-16-14-7-13(10-23(16)18)9-22(11-14)19(26)12-24-20(27)17(30-21(24)28)8-15-3-2-6-29-15/h1-6,8,13-14H,7,9-12H2/p+1/b17-8-. The molecule has 3 amide bonds. The number of carbonyl (C=O) groups excluding carboxylic acids is 3. The molecule has 9 heteroatoms. The molecule has 0 spiro atoms. The van der Waals surface area contributed by atoms with Gasteiger partial charge in [0.25, 0.3) is 11.1 Å². The minimum Gasteiger partial charge on any atom is -0.460 e. The number of thiophene rings is 1. The van der Waals surface area contributed by atoms with E-state index in [-0.39, 0.29) is 30.2 Å². The first kappa shape index (κ1) is 19.3. The van der Waals surface area contributed by atoms with E-state index in [0.29, 0.717) is 24.5 Å². The summed E-state index contributed by atoms with van der Waals surface area (Å²) in [6.07, 6.45) is 2.67. The molecule has 2 bridgehead atoms. The molecule has 2 aromatic heterocycles. The summed E-state index contributed by atoms with van der Waals surface area (Å²) in [4.78, 5) is 42.1. The fourth-order valence-electron chi connectivity index (χ4n) is 4.49. The monoisotopic (exact) mass is 442 g/mol. The summed E-state index contributed by atoms with van der Waals surface area (Å²) in [6.45, 7) is 1.52. The summed E-state index contributed by atoms with van der Waals surface area (Å²) < 4.78 is 1.92. The number of aromatic hydroxyl groups is 1. The second-order valence-corrected chi connectivity index (χ2v) is 9.77. The zero-order chi connectivity index (χ0) is 20.8. The van der Waals surface area contributed by atoms with Gasteiger partial charge in [-0.2, -0.15) is 4.57 Å². The maximum absolute atomic E-state index is 13.0. The van der Waals surface area contributed by atoms with Crippen LogP contribution >= 0.6 is 23.1 Å². The highest BCUT2D eigenvalue weighted by Crippen LogP contribution is 2.35. The molecular formula is C21H20N3O4S2+. The van der Waals surface area contributed by atoms with Crippen LogP contribution in [0.1, 0.15) is 22.9 Å². The Balaban J connectivity index is 1.30. The number of imide groups is 1. The van der Waals surface area contributed by atoms with Crippen molar-refractivity contribution in [2.45, 2.75) is 18.9 Å². The topological polar surface area (TPSA) is 81.8 Å². The van der Waals surface area contributed by atoms with Gasteiger partial charge < -0.3 is 10.0 Å². The van der Waals surface area contributed by atoms with E-state index < -0.39 is 11.1 Å². The quantitative estimate of drug-likeness (QED) is 0.583. The Morgan fingerprint density at radius 2 is 2.10 bits per heavy atom. The number of pyridine rings is 1. The van der Waals surface area contributed by atoms with E-state index in [4.69, 9.17) is 0 Å². The van der Waals surface area contributed by atoms with E-state index in [1.54, 1.807) is 17.0 Å². The van der Waals surface area contributed by atoms with Crippen LogP contribution < -0.4 is 4.57 Å². The number of aromatic nitrogens is 1. The Bertz CT molecular complexity index is 1070. The number of carbonyl (C=O) groups is 3. The fourth-order valence-corrected chi connectivity index (χ4v) is 6.05. The molecule has 7 nitrogen and oxygen atoms in total. The summed E-state index contributed by atoms with van der Waals surface area (Å²) in [6, 6.07) is 9.25. The third kappa shape index (κ3) is 3.41. The summed E-state index contributed by atoms with van der Waals surface area (Å²) in [5.41, 5.74) is 1.02. The largest absolute Gasteiger partial charge is 0.460 e. The van der Waals surface area contributed by atoms with Gasteiger partial charge >= 0.3 is 5.88 Å². The van der Waals surface area contributed by atoms with Crippen LogP contribution in [0.5, 0.6) is 5.88 Å². The van der Waals surface area contributed by atoms with Crippen LogP contribution in [0.25, 0.3) is 6.08 Å². The van der Waals surface area contributed by atoms with Gasteiger partial charge in [-0.05, 0) is 41.8 Å². The van der Waals surface area contributed by atoms with Crippen molar-refractivity contribution in [3.8, 4) is 5.88 Å². The average molecular weight is 443 g/mol. The number of amides is 3. The lowest BCUT2D eigenvalue weighted by molar-refractivity contribution is -0.723. The highest BCUT2D eigenvalue weighted by Gasteiger charge is 2.43. The van der Waals surface area contributed by atoms with Crippen molar-refractivity contribution in [2.24, 2.45) is 5.92 Å². The molecule has 2 atom stereocenters. The average Bonchev–Trinajstić information content (AvgIpc) is 3.33. The van der Waals surface area contributed by atoms with Crippen LogP contribution in [0.4, 0.5) is 4.79 Å². The number of nitrogens with zero attached hydrogens (tertiary/aromatic N) is 3. The number of likely N-dealkylation sites (tertiary alicyclic amines) is 1. The van der Waals surface area contributed by atoms with Crippen molar-refractivity contribution in [3.05, 3.63) is 51.2 Å². The van der Waals surface area contributed by atoms with Crippen LogP contribution in [-0.2, 0) is 16.1 Å². The lowest BCUT2D eigenvalue weighted by Crippen LogP contribution is -2.57. The van der Waals surface area contributed by atoms with Crippen molar-refractivity contribution in [3.63, 3.8) is 0 Å². The molecule has 2 fully saturated rings. The fraction of sp³-hybridized carbons (Fsp3) is 0.333. The van der Waals surface area contributed by atoms with Crippen molar-refractivity contribution in [1.29, 1.82) is 0 Å². The highest BCUT2D eigenvalue weighted by molar-refractivity contribution is 8.18. The van der Waals surface area contributed by atoms with Gasteiger partial charge in [0.1, 0.15) is 6.54 Å². The van der Waals surface area contributed by atoms with Gasteiger partial charge in [-0.3, -0.25) is 19.3 Å². The van der Waals surface area contributed by atoms with Gasteiger partial charge in [-0.15, -0.1) is 11.3 Å². The number of hydrogen-bond donors (Lipinski definition) is 1. The van der Waals surface area contributed by atoms with Crippen molar-refractivity contribution in [1.82, 2.24) is 9.80 Å². The molecule has 2 aromatic rings. The zero-order valence-corrected chi connectivity index (χ0v) is 17.7. The van der Waals surface area contributed by atoms with Gasteiger partial charge in [-0.1, -0.05) is 6.07 Å². The van der Waals surface area contributed by atoms with E-state index in [0.717, 1.165) is 33.7 Å². The molecule has 3 aliphatic heterocycles. The van der Waals surface area contributed by atoms with Crippen molar-refractivity contribution < 1.29 is 24.1 Å². The third-order valence-corrected chi connectivity index (χ3v) is 7.56. The van der Waals surface area contributed by atoms with Gasteiger partial charge in [0, 0.05) is 30.0 Å². The molecule has 154 valence electrons. The minimum absolute atomic E-state index is 0.141. The highest BCUT2D eigenvalue weighted by atomic mass is 32.2. The lowest BCUT2D eigenvalue weighted by atomic mass is 9.83. The van der Waals surface area contributed by atoms with E-state index in [1.165, 1.54) is 11.3 Å². The van der Waals surface area contributed by atoms with E-state index in [1.807, 2.05) is 34.2 Å². The molecule has 1 N–H and O–H groups in total. The maximum atomic E-state index is 13.0. The second kappa shape index (κ2) is 7.55. The minimum atomic E-state index is -0.408. The van der Waals surface area contributed by atoms with Crippen LogP contribution in [0.3, 0.4) is 0 Å². The molecule has 2 saturated heterocycles. The van der Waals surface area contributed by atoms with Crippen molar-refractivity contribution >= 4 is 46.2 Å². The predicted octanol–water partition coefficient (Wildman–Crippen LogP) is 2.42. The molecule has 2 unspecified atom stereocenters. The van der Waals surface area contributed by atoms with Crippen LogP contribution in [0.15, 0.2) is 40.6 Å². The number of fused-ring (bicyclic) bond motifs is 4. The van der Waals surface area contributed by atoms with Gasteiger partial charge in [0.15, 0.2) is 12.2 Å². The summed E-state index contributed by atoms with van der Waals surface area (Å²) in [5.74, 6) is 0.0133. The van der Waals surface area contributed by atoms with E-state index in [9.17, 15) is 19.5 Å². The normalized spacial score (nSPS) is 24.5. The van der Waals surface area contributed by atoms with Gasteiger partial charge in [0.2, 0.25) is 5.91 Å². The second-order valence-electron chi connectivity index (χ2n) is 7.80. The van der Waals surface area contributed by atoms with Crippen LogP contribution in [0.2, 0.25) is 0 Å². The Morgan fingerprint density at radius 1 is 1.23 bits per heavy atom. The lowest BCUT2D eigenvalue weighted by Gasteiger charge is -2.39. The molecule has 0 aliphatic carbocycles. The van der Waals surface area contributed by atoms with Gasteiger partial charge in [0.05, 0.1) is 16.9 Å². The number of hydrogen-bond acceptors (Lipinski definition) is 6. The third-order valence-electron chi connectivity index (χ3n) is 5.83. The molecule has 30 heavy (non-hydrogen) atoms. The number of rotatable bonds is 3. The molecule has 0 radical (unpaired) electrons. The van der Waals surface area contributed by atoms with Crippen molar-refractivity contribution in [2.75, 3.05) is 19.6 Å². The summed E-state index contributed by atoms with van der Waals surface area (Å²) in [5, 5.41) is 11.6. The Morgan fingerprint density at radius 3 is 2.90 bits per heavy atom. The SMILES string of the molecule is O=C(CN1C(=O)S/C(=C\c2cccs2)C1=O)N1CC2CC(C1)c1cccc(O)[n+]1C2. The number of piperidine rings is 1.